The van der Waals surface area contributed by atoms with E-state index in [4.69, 9.17) is 18.5 Å². The lowest BCUT2D eigenvalue weighted by Gasteiger charge is -2.33. The largest absolute Gasteiger partial charge is 0.492 e. The summed E-state index contributed by atoms with van der Waals surface area (Å²) in [6, 6.07) is 15.9. The summed E-state index contributed by atoms with van der Waals surface area (Å²) in [7, 11) is -5.30. The normalized spacial score (nSPS) is 11.9. The standard InChI is InChI=1S/C35H58O8P2/c1-3-5-7-9-11-13-15-21-31-23-17-19-25-33(31)40-27-35(29-42-44(36)37,30-43-45(38)39)28-41-34-26-20-18-24-32(34)22-16-14-12-10-8-6-4-2/h17-20,23-26,36-39H,3-16,21-22,27-30H2,1-2H3. The summed E-state index contributed by atoms with van der Waals surface area (Å²) < 4.78 is 23.3. The van der Waals surface area contributed by atoms with E-state index >= 15 is 0 Å². The molecular weight excluding hydrogens is 610 g/mol. The van der Waals surface area contributed by atoms with E-state index in [1.165, 1.54) is 77.0 Å². The fourth-order valence-electron chi connectivity index (χ4n) is 5.35. The third-order valence-corrected chi connectivity index (χ3v) is 8.80. The van der Waals surface area contributed by atoms with Gasteiger partial charge in [-0.1, -0.05) is 127 Å². The van der Waals surface area contributed by atoms with E-state index in [9.17, 15) is 19.6 Å². The number of hydrogen-bond acceptors (Lipinski definition) is 8. The van der Waals surface area contributed by atoms with Gasteiger partial charge in [-0.2, -0.15) is 0 Å². The van der Waals surface area contributed by atoms with Gasteiger partial charge >= 0.3 is 17.2 Å². The number of ether oxygens (including phenoxy) is 2. The zero-order valence-electron chi connectivity index (χ0n) is 27.6. The molecule has 2 aromatic carbocycles. The first-order valence-electron chi connectivity index (χ1n) is 16.9. The summed E-state index contributed by atoms with van der Waals surface area (Å²) in [6.07, 6.45) is 18.9. The van der Waals surface area contributed by atoms with E-state index in [2.05, 4.69) is 26.0 Å². The van der Waals surface area contributed by atoms with Gasteiger partial charge in [0.2, 0.25) is 0 Å². The Balaban J connectivity index is 2.10. The van der Waals surface area contributed by atoms with Crippen LogP contribution in [0.4, 0.5) is 0 Å². The summed E-state index contributed by atoms with van der Waals surface area (Å²) in [5.74, 6) is 1.47. The lowest BCUT2D eigenvalue weighted by Crippen LogP contribution is -2.43. The number of benzene rings is 2. The molecule has 45 heavy (non-hydrogen) atoms. The Bertz CT molecular complexity index is 928. The second-order valence-electron chi connectivity index (χ2n) is 12.1. The molecule has 0 aliphatic rings. The number of para-hydroxylation sites is 2. The molecule has 4 N–H and O–H groups in total. The lowest BCUT2D eigenvalue weighted by molar-refractivity contribution is -0.00932. The van der Waals surface area contributed by atoms with Crippen molar-refractivity contribution in [1.29, 1.82) is 0 Å². The van der Waals surface area contributed by atoms with Crippen molar-refractivity contribution in [3.8, 4) is 11.5 Å². The van der Waals surface area contributed by atoms with Gasteiger partial charge in [-0.3, -0.25) is 0 Å². The maximum Gasteiger partial charge on any atom is 0.327 e. The summed E-state index contributed by atoms with van der Waals surface area (Å²) in [6.45, 7) is 4.21. The van der Waals surface area contributed by atoms with E-state index in [0.29, 0.717) is 0 Å². The van der Waals surface area contributed by atoms with Crippen molar-refractivity contribution in [2.24, 2.45) is 5.41 Å². The molecule has 0 radical (unpaired) electrons. The average molecular weight is 669 g/mol. The molecule has 0 spiro atoms. The quantitative estimate of drug-likeness (QED) is 0.0524. The van der Waals surface area contributed by atoms with Crippen LogP contribution in [0.2, 0.25) is 0 Å². The van der Waals surface area contributed by atoms with Gasteiger partial charge < -0.3 is 38.1 Å². The maximum atomic E-state index is 9.61. The van der Waals surface area contributed by atoms with Crippen LogP contribution in [-0.4, -0.2) is 46.0 Å². The molecule has 0 saturated carbocycles. The van der Waals surface area contributed by atoms with Gasteiger partial charge in [0.1, 0.15) is 24.7 Å². The third-order valence-electron chi connectivity index (χ3n) is 8.08. The van der Waals surface area contributed by atoms with Gasteiger partial charge in [-0.15, -0.1) is 0 Å². The molecule has 0 saturated heterocycles. The molecule has 0 bridgehead atoms. The highest BCUT2D eigenvalue weighted by Gasteiger charge is 2.36. The van der Waals surface area contributed by atoms with Crippen molar-refractivity contribution in [3.63, 3.8) is 0 Å². The Morgan fingerprint density at radius 3 is 1.22 bits per heavy atom. The van der Waals surface area contributed by atoms with Crippen molar-refractivity contribution in [1.82, 2.24) is 0 Å². The van der Waals surface area contributed by atoms with Gasteiger partial charge in [0.15, 0.2) is 0 Å². The number of rotatable bonds is 28. The van der Waals surface area contributed by atoms with Crippen molar-refractivity contribution >= 4 is 17.2 Å². The molecule has 2 aromatic rings. The van der Waals surface area contributed by atoms with Gasteiger partial charge in [-0.25, -0.2) is 0 Å². The van der Waals surface area contributed by atoms with Crippen LogP contribution in [-0.2, 0) is 21.9 Å². The summed E-state index contributed by atoms with van der Waals surface area (Å²) >= 11 is 0. The van der Waals surface area contributed by atoms with Crippen molar-refractivity contribution in [2.45, 2.75) is 117 Å². The second-order valence-corrected chi connectivity index (χ2v) is 13.6. The molecule has 0 aliphatic carbocycles. The van der Waals surface area contributed by atoms with Crippen molar-refractivity contribution < 1.29 is 38.1 Å². The highest BCUT2D eigenvalue weighted by atomic mass is 31.2. The van der Waals surface area contributed by atoms with Crippen LogP contribution < -0.4 is 9.47 Å². The topological polar surface area (TPSA) is 118 Å². The fraction of sp³-hybridized carbons (Fsp3) is 0.657. The number of aryl methyl sites for hydroxylation is 2. The minimum atomic E-state index is -2.65. The molecule has 256 valence electrons. The smallest absolute Gasteiger partial charge is 0.327 e. The SMILES string of the molecule is CCCCCCCCCc1ccccc1OCC(COc1ccccc1CCCCCCCCC)(COP(O)O)COP(O)O. The van der Waals surface area contributed by atoms with Gasteiger partial charge in [0, 0.05) is 0 Å². The molecule has 0 heterocycles. The number of hydrogen-bond donors (Lipinski definition) is 4. The van der Waals surface area contributed by atoms with E-state index in [0.717, 1.165) is 48.3 Å². The van der Waals surface area contributed by atoms with Crippen LogP contribution in [0.3, 0.4) is 0 Å². The lowest BCUT2D eigenvalue weighted by atomic mass is 9.92. The minimum Gasteiger partial charge on any atom is -0.492 e. The van der Waals surface area contributed by atoms with E-state index in [1.54, 1.807) is 0 Å². The van der Waals surface area contributed by atoms with Crippen LogP contribution in [0.15, 0.2) is 48.5 Å². The maximum absolute atomic E-state index is 9.61. The van der Waals surface area contributed by atoms with Gasteiger partial charge in [-0.05, 0) is 48.9 Å². The average Bonchev–Trinajstić information content (AvgIpc) is 3.04. The second kappa shape index (κ2) is 24.8. The fourth-order valence-corrected chi connectivity index (χ4v) is 6.13. The van der Waals surface area contributed by atoms with Gasteiger partial charge in [0.05, 0.1) is 18.6 Å². The third kappa shape index (κ3) is 18.0. The summed E-state index contributed by atoms with van der Waals surface area (Å²) in [4.78, 5) is 38.4. The highest BCUT2D eigenvalue weighted by molar-refractivity contribution is 7.39. The first-order chi connectivity index (χ1) is 21.9. The van der Waals surface area contributed by atoms with E-state index in [-0.39, 0.29) is 26.4 Å². The Morgan fingerprint density at radius 2 is 0.844 bits per heavy atom. The van der Waals surface area contributed by atoms with Crippen LogP contribution in [0.1, 0.15) is 115 Å². The molecule has 0 amide bonds. The van der Waals surface area contributed by atoms with Crippen LogP contribution in [0.25, 0.3) is 0 Å². The molecule has 10 heteroatoms. The van der Waals surface area contributed by atoms with E-state index in [1.807, 2.05) is 36.4 Å². The highest BCUT2D eigenvalue weighted by Crippen LogP contribution is 2.36. The predicted molar refractivity (Wildman–Crippen MR) is 184 cm³/mol. The molecule has 0 aromatic heterocycles. The van der Waals surface area contributed by atoms with E-state index < -0.39 is 22.6 Å². The first kappa shape index (κ1) is 39.8. The molecule has 0 unspecified atom stereocenters. The first-order valence-corrected chi connectivity index (χ1v) is 19.2. The predicted octanol–water partition coefficient (Wildman–Crippen LogP) is 9.17. The minimum absolute atomic E-state index is 0.0489. The van der Waals surface area contributed by atoms with Gasteiger partial charge in [0.25, 0.3) is 0 Å². The Labute approximate surface area is 274 Å². The molecule has 0 fully saturated rings. The molecule has 0 atom stereocenters. The van der Waals surface area contributed by atoms with Crippen LogP contribution >= 0.6 is 17.2 Å². The zero-order chi connectivity index (χ0) is 32.6. The Morgan fingerprint density at radius 1 is 0.489 bits per heavy atom. The van der Waals surface area contributed by atoms with Crippen LogP contribution in [0.5, 0.6) is 11.5 Å². The Kier molecular flexibility index (Phi) is 21.9. The zero-order valence-corrected chi connectivity index (χ0v) is 29.4. The molecular formula is C35H58O8P2. The summed E-state index contributed by atoms with van der Waals surface area (Å²) in [5, 5.41) is 0. The molecule has 8 nitrogen and oxygen atoms in total. The Hall–Kier alpha value is -1.34. The van der Waals surface area contributed by atoms with Crippen molar-refractivity contribution in [2.75, 3.05) is 26.4 Å². The summed E-state index contributed by atoms with van der Waals surface area (Å²) in [5.41, 5.74) is 1.14. The molecule has 2 rings (SSSR count). The monoisotopic (exact) mass is 668 g/mol. The molecule has 0 aliphatic heterocycles. The number of unbranched alkanes of at least 4 members (excludes halogenated alkanes) is 12. The van der Waals surface area contributed by atoms with Crippen LogP contribution in [0, 0.1) is 5.41 Å². The van der Waals surface area contributed by atoms with Crippen molar-refractivity contribution in [3.05, 3.63) is 59.7 Å².